The third-order valence-electron chi connectivity index (χ3n) is 7.69. The van der Waals surface area contributed by atoms with Crippen LogP contribution < -0.4 is 15.4 Å². The number of hydrogen-bond donors (Lipinski definition) is 2. The van der Waals surface area contributed by atoms with Crippen LogP contribution in [0, 0.1) is 12.7 Å². The molecule has 208 valence electrons. The van der Waals surface area contributed by atoms with E-state index in [0.29, 0.717) is 43.2 Å². The Morgan fingerprint density at radius 2 is 1.77 bits per heavy atom. The van der Waals surface area contributed by atoms with E-state index in [4.69, 9.17) is 44.9 Å². The minimum Gasteiger partial charge on any atom is -0.476 e. The molecule has 0 aliphatic carbocycles. The number of carbonyl (C=O) groups excluding carboxylic acids is 2. The van der Waals surface area contributed by atoms with E-state index in [9.17, 15) is 14.0 Å². The van der Waals surface area contributed by atoms with E-state index in [1.54, 1.807) is 50.2 Å². The Hall–Kier alpha value is -3.20. The van der Waals surface area contributed by atoms with E-state index in [2.05, 4.69) is 10.6 Å². The van der Waals surface area contributed by atoms with Crippen LogP contribution in [0.3, 0.4) is 0 Å². The number of piperidine rings is 1. The van der Waals surface area contributed by atoms with Gasteiger partial charge in [-0.25, -0.2) is 9.18 Å². The molecule has 1 spiro atoms. The molecule has 1 saturated heterocycles. The molecule has 0 saturated carbocycles. The molecule has 1 amide bonds. The quantitative estimate of drug-likeness (QED) is 0.247. The molecular weight excluding hydrogens is 574 g/mol. The largest absolute Gasteiger partial charge is 0.476 e. The maximum absolute atomic E-state index is 14.7. The number of benzene rings is 3. The normalized spacial score (nSPS) is 22.0. The highest BCUT2D eigenvalue weighted by Gasteiger charge is 2.61. The first-order chi connectivity index (χ1) is 18.9. The summed E-state index contributed by atoms with van der Waals surface area (Å²) in [5, 5.41) is 7.22. The summed E-state index contributed by atoms with van der Waals surface area (Å²) in [7, 11) is 1.29. The van der Waals surface area contributed by atoms with Gasteiger partial charge in [0.05, 0.1) is 18.1 Å². The van der Waals surface area contributed by atoms with Gasteiger partial charge in [0.1, 0.15) is 17.0 Å². The minimum atomic E-state index is -1.35. The summed E-state index contributed by atoms with van der Waals surface area (Å²) in [6.45, 7) is 5.05. The van der Waals surface area contributed by atoms with E-state index in [-0.39, 0.29) is 12.3 Å². The smallest absolute Gasteiger partial charge is 0.349 e. The van der Waals surface area contributed by atoms with Gasteiger partial charge < -0.3 is 20.1 Å². The van der Waals surface area contributed by atoms with Crippen LogP contribution in [0.1, 0.15) is 54.5 Å². The second-order valence-electron chi connectivity index (χ2n) is 10.6. The number of ether oxygens (including phenoxy) is 2. The molecule has 0 aromatic heterocycles. The monoisotopic (exact) mass is 600 g/mol. The van der Waals surface area contributed by atoms with Crippen LogP contribution in [0.4, 0.5) is 10.1 Å². The summed E-state index contributed by atoms with van der Waals surface area (Å²) in [5.74, 6) is -1.60. The Morgan fingerprint density at radius 1 is 1.07 bits per heavy atom. The maximum Gasteiger partial charge on any atom is 0.349 e. The second kappa shape index (κ2) is 10.3. The van der Waals surface area contributed by atoms with Gasteiger partial charge in [0.15, 0.2) is 5.60 Å². The molecule has 2 heterocycles. The number of hydrogen-bond acceptors (Lipinski definition) is 5. The molecule has 40 heavy (non-hydrogen) atoms. The number of anilines is 1. The fourth-order valence-electron chi connectivity index (χ4n) is 5.89. The van der Waals surface area contributed by atoms with Crippen LogP contribution in [-0.2, 0) is 19.7 Å². The van der Waals surface area contributed by atoms with Crippen molar-refractivity contribution in [2.24, 2.45) is 0 Å². The Bertz CT molecular complexity index is 1560. The summed E-state index contributed by atoms with van der Waals surface area (Å²) in [4.78, 5) is 27.4. The Balaban J connectivity index is 1.81. The molecule has 5 rings (SSSR count). The highest BCUT2D eigenvalue weighted by atomic mass is 35.5. The van der Waals surface area contributed by atoms with Crippen molar-refractivity contribution in [1.82, 2.24) is 5.32 Å². The number of thiocarbonyl (C=S) groups is 1. The van der Waals surface area contributed by atoms with Gasteiger partial charge in [0.2, 0.25) is 5.91 Å². The van der Waals surface area contributed by atoms with Crippen LogP contribution in [0.25, 0.3) is 0 Å². The first-order valence-electron chi connectivity index (χ1n) is 12.6. The minimum absolute atomic E-state index is 0.255. The van der Waals surface area contributed by atoms with Crippen LogP contribution >= 0.6 is 35.4 Å². The van der Waals surface area contributed by atoms with Crippen molar-refractivity contribution >= 4 is 58.0 Å². The molecule has 0 radical (unpaired) electrons. The second-order valence-corrected chi connectivity index (χ2v) is 11.9. The van der Waals surface area contributed by atoms with Crippen LogP contribution in [0.5, 0.6) is 5.75 Å². The SMILES string of the molecule is COC(=O)C(C)(C)Oc1ccc(Cl)cc1[C@H]1CC(=S)N[C@@H](c2cc(F)ccc2C)[C@]12C(=O)Nc1cc(Cl)ccc12. The van der Waals surface area contributed by atoms with Crippen molar-refractivity contribution in [3.05, 3.63) is 92.7 Å². The van der Waals surface area contributed by atoms with Crippen LogP contribution in [0.2, 0.25) is 10.0 Å². The molecule has 2 N–H and O–H groups in total. The lowest BCUT2D eigenvalue weighted by Crippen LogP contribution is -2.56. The lowest BCUT2D eigenvalue weighted by molar-refractivity contribution is -0.156. The van der Waals surface area contributed by atoms with Crippen molar-refractivity contribution in [1.29, 1.82) is 0 Å². The van der Waals surface area contributed by atoms with Crippen LogP contribution in [-0.4, -0.2) is 29.6 Å². The van der Waals surface area contributed by atoms with E-state index < -0.39 is 34.8 Å². The number of amides is 1. The lowest BCUT2D eigenvalue weighted by atomic mass is 9.59. The molecule has 1 fully saturated rings. The predicted molar refractivity (Wildman–Crippen MR) is 157 cm³/mol. The average molecular weight is 602 g/mol. The number of aryl methyl sites for hydroxylation is 1. The molecule has 3 aromatic carbocycles. The number of esters is 1. The van der Waals surface area contributed by atoms with Crippen molar-refractivity contribution < 1.29 is 23.5 Å². The van der Waals surface area contributed by atoms with Gasteiger partial charge in [0.25, 0.3) is 0 Å². The molecule has 2 aliphatic heterocycles. The van der Waals surface area contributed by atoms with Gasteiger partial charge in [-0.05, 0) is 79.9 Å². The van der Waals surface area contributed by atoms with Gasteiger partial charge in [-0.3, -0.25) is 4.79 Å². The topological polar surface area (TPSA) is 76.7 Å². The van der Waals surface area contributed by atoms with Gasteiger partial charge in [-0.1, -0.05) is 47.6 Å². The van der Waals surface area contributed by atoms with E-state index in [0.717, 1.165) is 5.56 Å². The molecule has 0 unspecified atom stereocenters. The van der Waals surface area contributed by atoms with Gasteiger partial charge in [-0.15, -0.1) is 0 Å². The van der Waals surface area contributed by atoms with Crippen molar-refractivity contribution in [2.75, 3.05) is 12.4 Å². The van der Waals surface area contributed by atoms with E-state index in [1.165, 1.54) is 19.2 Å². The Labute approximate surface area is 247 Å². The highest BCUT2D eigenvalue weighted by Crippen LogP contribution is 2.59. The molecule has 6 nitrogen and oxygen atoms in total. The highest BCUT2D eigenvalue weighted by molar-refractivity contribution is 7.80. The fraction of sp³-hybridized carbons (Fsp3) is 0.300. The molecular formula is C30H27Cl2FN2O4S. The van der Waals surface area contributed by atoms with E-state index >= 15 is 0 Å². The zero-order chi connectivity index (χ0) is 29.0. The van der Waals surface area contributed by atoms with Gasteiger partial charge in [-0.2, -0.15) is 0 Å². The zero-order valence-electron chi connectivity index (χ0n) is 22.2. The lowest BCUT2D eigenvalue weighted by Gasteiger charge is -2.48. The average Bonchev–Trinajstić information content (AvgIpc) is 3.18. The molecule has 10 heteroatoms. The third-order valence-corrected chi connectivity index (χ3v) is 8.45. The molecule has 3 aromatic rings. The summed E-state index contributed by atoms with van der Waals surface area (Å²) in [6, 6.07) is 14.0. The first kappa shape index (κ1) is 28.3. The first-order valence-corrected chi connectivity index (χ1v) is 13.8. The summed E-state index contributed by atoms with van der Waals surface area (Å²) in [6.07, 6.45) is 0.255. The number of nitrogens with one attached hydrogen (secondary N) is 2. The molecule has 0 bridgehead atoms. The number of methoxy groups -OCH3 is 1. The fourth-order valence-corrected chi connectivity index (χ4v) is 6.53. The van der Waals surface area contributed by atoms with Crippen molar-refractivity contribution in [3.63, 3.8) is 0 Å². The predicted octanol–water partition coefficient (Wildman–Crippen LogP) is 6.81. The van der Waals surface area contributed by atoms with Gasteiger partial charge >= 0.3 is 5.97 Å². The van der Waals surface area contributed by atoms with Crippen molar-refractivity contribution in [3.8, 4) is 5.75 Å². The molecule has 3 atom stereocenters. The number of carbonyl (C=O) groups is 2. The Kier molecular flexibility index (Phi) is 7.31. The third kappa shape index (κ3) is 4.62. The van der Waals surface area contributed by atoms with Crippen LogP contribution in [0.15, 0.2) is 54.6 Å². The van der Waals surface area contributed by atoms with E-state index in [1.807, 2.05) is 13.0 Å². The van der Waals surface area contributed by atoms with Gasteiger partial charge in [0, 0.05) is 33.6 Å². The number of halogens is 3. The van der Waals surface area contributed by atoms with Crippen molar-refractivity contribution in [2.45, 2.75) is 50.2 Å². The summed E-state index contributed by atoms with van der Waals surface area (Å²) >= 11 is 18.6. The summed E-state index contributed by atoms with van der Waals surface area (Å²) < 4.78 is 25.9. The Morgan fingerprint density at radius 3 is 2.50 bits per heavy atom. The standard InChI is InChI=1S/C30H27Cl2FN2O4S/c1-15-5-8-18(33)13-19(15)26-30(21-9-6-17(32)12-23(21)34-27(30)36)22(14-25(40)35-26)20-11-16(31)7-10-24(20)39-29(2,3)28(37)38-4/h5-13,22,26H,14H2,1-4H3,(H,34,36)(H,35,40)/t22-,26+,30-/m1/s1. The summed E-state index contributed by atoms with van der Waals surface area (Å²) in [5.41, 5.74) is 0.504. The maximum atomic E-state index is 14.7. The number of fused-ring (bicyclic) bond motifs is 2. The molecule has 2 aliphatic rings. The zero-order valence-corrected chi connectivity index (χ0v) is 24.6. The number of rotatable bonds is 5.